The molecule has 0 bridgehead atoms. The number of aryl methyl sites for hydroxylation is 1. The molecule has 5 heteroatoms. The maximum atomic E-state index is 13.4. The van der Waals surface area contributed by atoms with Crippen LogP contribution in [0.3, 0.4) is 0 Å². The number of amidine groups is 1. The molecule has 1 aromatic rings. The van der Waals surface area contributed by atoms with Gasteiger partial charge in [0, 0.05) is 12.5 Å². The summed E-state index contributed by atoms with van der Waals surface area (Å²) in [5.74, 6) is -0.336. The van der Waals surface area contributed by atoms with E-state index in [4.69, 9.17) is 10.9 Å². The molecule has 0 spiro atoms. The Morgan fingerprint density at radius 1 is 1.62 bits per heavy atom. The molecule has 0 fully saturated rings. The molecule has 0 aliphatic rings. The minimum Gasteiger partial charge on any atom is -0.409 e. The van der Waals surface area contributed by atoms with E-state index < -0.39 is 0 Å². The molecule has 0 saturated carbocycles. The van der Waals surface area contributed by atoms with Crippen molar-refractivity contribution in [3.8, 4) is 0 Å². The molecule has 4 N–H and O–H groups in total. The van der Waals surface area contributed by atoms with Crippen LogP contribution in [0.1, 0.15) is 12.5 Å². The van der Waals surface area contributed by atoms with Gasteiger partial charge in [0.2, 0.25) is 0 Å². The average molecular weight is 225 g/mol. The summed E-state index contributed by atoms with van der Waals surface area (Å²) in [6.45, 7) is 4.02. The van der Waals surface area contributed by atoms with E-state index in [1.165, 1.54) is 6.07 Å². The van der Waals surface area contributed by atoms with Crippen LogP contribution in [0.2, 0.25) is 0 Å². The second-order valence-corrected chi connectivity index (χ2v) is 3.79. The Balaban J connectivity index is 2.61. The van der Waals surface area contributed by atoms with Gasteiger partial charge in [-0.1, -0.05) is 18.1 Å². The number of hydrogen-bond donors (Lipinski definition) is 3. The molecule has 0 aliphatic carbocycles. The highest BCUT2D eigenvalue weighted by Gasteiger charge is 2.08. The number of anilines is 1. The molecule has 1 rings (SSSR count). The van der Waals surface area contributed by atoms with Crippen molar-refractivity contribution in [2.24, 2.45) is 16.8 Å². The van der Waals surface area contributed by atoms with Gasteiger partial charge in [-0.05, 0) is 24.6 Å². The number of hydrogen-bond acceptors (Lipinski definition) is 3. The third-order valence-corrected chi connectivity index (χ3v) is 2.34. The quantitative estimate of drug-likeness (QED) is 0.317. The van der Waals surface area contributed by atoms with Crippen LogP contribution < -0.4 is 11.1 Å². The average Bonchev–Trinajstić information content (AvgIpc) is 2.26. The third-order valence-electron chi connectivity index (χ3n) is 2.34. The summed E-state index contributed by atoms with van der Waals surface area (Å²) in [6, 6.07) is 4.94. The standard InChI is InChI=1S/C11H16FN3O/c1-7-3-4-10(9(12)5-7)14-6-8(2)11(13)15-16/h3-5,8,14,16H,6H2,1-2H3,(H2,13,15). The van der Waals surface area contributed by atoms with Crippen LogP contribution in [-0.2, 0) is 0 Å². The summed E-state index contributed by atoms with van der Waals surface area (Å²) >= 11 is 0. The van der Waals surface area contributed by atoms with E-state index >= 15 is 0 Å². The zero-order valence-corrected chi connectivity index (χ0v) is 9.37. The highest BCUT2D eigenvalue weighted by molar-refractivity contribution is 5.82. The van der Waals surface area contributed by atoms with Crippen LogP contribution >= 0.6 is 0 Å². The smallest absolute Gasteiger partial charge is 0.146 e. The molecule has 0 heterocycles. The van der Waals surface area contributed by atoms with E-state index in [1.54, 1.807) is 13.0 Å². The van der Waals surface area contributed by atoms with Gasteiger partial charge in [-0.15, -0.1) is 0 Å². The van der Waals surface area contributed by atoms with Gasteiger partial charge in [0.15, 0.2) is 0 Å². The first-order valence-electron chi connectivity index (χ1n) is 5.02. The summed E-state index contributed by atoms with van der Waals surface area (Å²) in [6.07, 6.45) is 0. The summed E-state index contributed by atoms with van der Waals surface area (Å²) in [4.78, 5) is 0. The van der Waals surface area contributed by atoms with E-state index in [1.807, 2.05) is 13.0 Å². The minimum absolute atomic E-state index is 0.125. The lowest BCUT2D eigenvalue weighted by atomic mass is 10.1. The Bertz CT molecular complexity index is 393. The van der Waals surface area contributed by atoms with E-state index in [2.05, 4.69) is 10.5 Å². The maximum absolute atomic E-state index is 13.4. The van der Waals surface area contributed by atoms with Crippen molar-refractivity contribution in [1.82, 2.24) is 0 Å². The minimum atomic E-state index is -0.299. The Kier molecular flexibility index (Phi) is 4.10. The number of nitrogens with one attached hydrogen (secondary N) is 1. The molecule has 0 aromatic heterocycles. The SMILES string of the molecule is Cc1ccc(NCC(C)C(N)=NO)c(F)c1. The van der Waals surface area contributed by atoms with Gasteiger partial charge in [0.25, 0.3) is 0 Å². The fourth-order valence-corrected chi connectivity index (χ4v) is 1.23. The largest absolute Gasteiger partial charge is 0.409 e. The van der Waals surface area contributed by atoms with E-state index in [0.717, 1.165) is 5.56 Å². The van der Waals surface area contributed by atoms with Crippen LogP contribution in [-0.4, -0.2) is 17.6 Å². The number of nitrogens with zero attached hydrogens (tertiary/aromatic N) is 1. The third kappa shape index (κ3) is 3.12. The number of rotatable bonds is 4. The second kappa shape index (κ2) is 5.34. The predicted octanol–water partition coefficient (Wildman–Crippen LogP) is 1.93. The zero-order valence-electron chi connectivity index (χ0n) is 9.37. The molecule has 0 radical (unpaired) electrons. The fourth-order valence-electron chi connectivity index (χ4n) is 1.23. The number of oxime groups is 1. The fraction of sp³-hybridized carbons (Fsp3) is 0.364. The highest BCUT2D eigenvalue weighted by Crippen LogP contribution is 2.15. The van der Waals surface area contributed by atoms with E-state index in [-0.39, 0.29) is 17.6 Å². The lowest BCUT2D eigenvalue weighted by Gasteiger charge is -2.12. The van der Waals surface area contributed by atoms with Crippen molar-refractivity contribution in [3.05, 3.63) is 29.6 Å². The number of benzene rings is 1. The van der Waals surface area contributed by atoms with Gasteiger partial charge in [-0.2, -0.15) is 0 Å². The Labute approximate surface area is 94.0 Å². The summed E-state index contributed by atoms with van der Waals surface area (Å²) in [7, 11) is 0. The predicted molar refractivity (Wildman–Crippen MR) is 62.2 cm³/mol. The lowest BCUT2D eigenvalue weighted by Crippen LogP contribution is -2.27. The molecule has 0 amide bonds. The first kappa shape index (κ1) is 12.3. The molecule has 4 nitrogen and oxygen atoms in total. The Morgan fingerprint density at radius 3 is 2.88 bits per heavy atom. The maximum Gasteiger partial charge on any atom is 0.146 e. The Hall–Kier alpha value is -1.78. The normalized spacial score (nSPS) is 13.6. The Morgan fingerprint density at radius 2 is 2.31 bits per heavy atom. The molecule has 88 valence electrons. The molecule has 1 aromatic carbocycles. The molecule has 1 atom stereocenters. The van der Waals surface area contributed by atoms with E-state index in [9.17, 15) is 4.39 Å². The van der Waals surface area contributed by atoms with Crippen molar-refractivity contribution in [2.75, 3.05) is 11.9 Å². The van der Waals surface area contributed by atoms with Gasteiger partial charge >= 0.3 is 0 Å². The van der Waals surface area contributed by atoms with Crippen LogP contribution in [0.5, 0.6) is 0 Å². The van der Waals surface area contributed by atoms with Gasteiger partial charge < -0.3 is 16.3 Å². The molecular formula is C11H16FN3O. The summed E-state index contributed by atoms with van der Waals surface area (Å²) in [5, 5.41) is 14.3. The molecular weight excluding hydrogens is 209 g/mol. The van der Waals surface area contributed by atoms with Gasteiger partial charge in [-0.25, -0.2) is 4.39 Å². The molecule has 1 unspecified atom stereocenters. The van der Waals surface area contributed by atoms with Crippen LogP contribution in [0.25, 0.3) is 0 Å². The van der Waals surface area contributed by atoms with Gasteiger partial charge in [-0.3, -0.25) is 0 Å². The van der Waals surface area contributed by atoms with Crippen molar-refractivity contribution in [2.45, 2.75) is 13.8 Å². The van der Waals surface area contributed by atoms with Gasteiger partial charge in [0.1, 0.15) is 11.7 Å². The number of nitrogens with two attached hydrogens (primary N) is 1. The van der Waals surface area contributed by atoms with Crippen LogP contribution in [0.4, 0.5) is 10.1 Å². The lowest BCUT2D eigenvalue weighted by molar-refractivity contribution is 0.315. The van der Waals surface area contributed by atoms with Crippen molar-refractivity contribution >= 4 is 11.5 Å². The highest BCUT2D eigenvalue weighted by atomic mass is 19.1. The summed E-state index contributed by atoms with van der Waals surface area (Å²) < 4.78 is 13.4. The molecule has 0 saturated heterocycles. The topological polar surface area (TPSA) is 70.6 Å². The summed E-state index contributed by atoms with van der Waals surface area (Å²) in [5.41, 5.74) is 6.70. The molecule has 0 aliphatic heterocycles. The van der Waals surface area contributed by atoms with Crippen molar-refractivity contribution in [3.63, 3.8) is 0 Å². The zero-order chi connectivity index (χ0) is 12.1. The first-order chi connectivity index (χ1) is 7.54. The number of halogens is 1. The van der Waals surface area contributed by atoms with Crippen LogP contribution in [0.15, 0.2) is 23.4 Å². The van der Waals surface area contributed by atoms with Crippen molar-refractivity contribution < 1.29 is 9.60 Å². The van der Waals surface area contributed by atoms with Crippen molar-refractivity contribution in [1.29, 1.82) is 0 Å². The van der Waals surface area contributed by atoms with E-state index in [0.29, 0.717) is 12.2 Å². The monoisotopic (exact) mass is 225 g/mol. The van der Waals surface area contributed by atoms with Gasteiger partial charge in [0.05, 0.1) is 5.69 Å². The van der Waals surface area contributed by atoms with Crippen LogP contribution in [0, 0.1) is 18.7 Å². The molecule has 16 heavy (non-hydrogen) atoms. The second-order valence-electron chi connectivity index (χ2n) is 3.79. The first-order valence-corrected chi connectivity index (χ1v) is 5.02.